The van der Waals surface area contributed by atoms with Gasteiger partial charge < -0.3 is 0 Å². The molecule has 0 bridgehead atoms. The largest absolute Gasteiger partial charge is 0.0620 e. The van der Waals surface area contributed by atoms with E-state index in [1.54, 1.807) is 11.1 Å². The van der Waals surface area contributed by atoms with Gasteiger partial charge in [-0.05, 0) is 55.1 Å². The van der Waals surface area contributed by atoms with Gasteiger partial charge in [-0.25, -0.2) is 0 Å². The molecule has 0 aliphatic heterocycles. The van der Waals surface area contributed by atoms with Crippen molar-refractivity contribution < 1.29 is 0 Å². The lowest BCUT2D eigenvalue weighted by Crippen LogP contribution is -2.10. The highest BCUT2D eigenvalue weighted by Crippen LogP contribution is 2.47. The first-order chi connectivity index (χ1) is 6.45. The summed E-state index contributed by atoms with van der Waals surface area (Å²) in [7, 11) is 0. The average Bonchev–Trinajstić information content (AvgIpc) is 3.00. The minimum Gasteiger partial charge on any atom is -0.0620 e. The van der Waals surface area contributed by atoms with Crippen LogP contribution in [0.5, 0.6) is 0 Å². The van der Waals surface area contributed by atoms with E-state index in [9.17, 15) is 0 Å². The third-order valence-electron chi connectivity index (χ3n) is 3.61. The molecule has 0 amide bonds. The highest BCUT2D eigenvalue weighted by atomic mass is 14.4. The molecule has 1 aromatic rings. The van der Waals surface area contributed by atoms with Crippen LogP contribution in [0.4, 0.5) is 0 Å². The van der Waals surface area contributed by atoms with Gasteiger partial charge in [-0.2, -0.15) is 0 Å². The minimum absolute atomic E-state index is 0.921. The van der Waals surface area contributed by atoms with Gasteiger partial charge in [0.05, 0.1) is 0 Å². The number of rotatable bonds is 1. The van der Waals surface area contributed by atoms with E-state index in [-0.39, 0.29) is 0 Å². The van der Waals surface area contributed by atoms with Gasteiger partial charge in [-0.15, -0.1) is 0 Å². The monoisotopic (exact) mass is 172 g/mol. The minimum atomic E-state index is 0.921. The Balaban J connectivity index is 2.00. The second-order valence-corrected chi connectivity index (χ2v) is 4.53. The lowest BCUT2D eigenvalue weighted by atomic mass is 9.80. The number of hydrogen-bond donors (Lipinski definition) is 0. The van der Waals surface area contributed by atoms with Crippen molar-refractivity contribution in [2.75, 3.05) is 0 Å². The molecule has 0 aromatic heterocycles. The van der Waals surface area contributed by atoms with E-state index >= 15 is 0 Å². The Labute approximate surface area is 80.0 Å². The Hall–Kier alpha value is -0.780. The first-order valence-corrected chi connectivity index (χ1v) is 5.53. The van der Waals surface area contributed by atoms with Crippen molar-refractivity contribution >= 4 is 0 Å². The number of fused-ring (bicyclic) bond motifs is 1. The maximum atomic E-state index is 2.36. The van der Waals surface area contributed by atoms with Gasteiger partial charge in [-0.1, -0.05) is 24.3 Å². The molecule has 68 valence electrons. The van der Waals surface area contributed by atoms with E-state index in [0.717, 1.165) is 11.8 Å². The quantitative estimate of drug-likeness (QED) is 0.608. The standard InChI is InChI=1S/C13H16/c1-2-6-12-10(4-1)5-3-7-13(12)11-8-9-11/h1-2,4,6,11,13H,3,5,7-9H2. The zero-order valence-corrected chi connectivity index (χ0v) is 8.00. The highest BCUT2D eigenvalue weighted by molar-refractivity contribution is 5.33. The molecule has 1 unspecified atom stereocenters. The Bertz CT molecular complexity index is 310. The summed E-state index contributed by atoms with van der Waals surface area (Å²) < 4.78 is 0. The molecular weight excluding hydrogens is 156 g/mol. The molecule has 1 saturated carbocycles. The SMILES string of the molecule is c1ccc2c(c1)CCCC2C1CC1. The fraction of sp³-hybridized carbons (Fsp3) is 0.538. The molecule has 0 saturated heterocycles. The molecule has 1 aromatic carbocycles. The van der Waals surface area contributed by atoms with Crippen molar-refractivity contribution in [3.63, 3.8) is 0 Å². The van der Waals surface area contributed by atoms with Crippen molar-refractivity contribution in [3.8, 4) is 0 Å². The van der Waals surface area contributed by atoms with E-state index in [2.05, 4.69) is 24.3 Å². The van der Waals surface area contributed by atoms with Gasteiger partial charge in [-0.3, -0.25) is 0 Å². The predicted octanol–water partition coefficient (Wildman–Crippen LogP) is 3.52. The normalized spacial score (nSPS) is 26.9. The molecular formula is C13H16. The zero-order valence-electron chi connectivity index (χ0n) is 8.00. The predicted molar refractivity (Wildman–Crippen MR) is 54.8 cm³/mol. The van der Waals surface area contributed by atoms with E-state index in [1.165, 1.54) is 32.1 Å². The van der Waals surface area contributed by atoms with Gasteiger partial charge in [0.2, 0.25) is 0 Å². The summed E-state index contributed by atoms with van der Waals surface area (Å²) in [4.78, 5) is 0. The fourth-order valence-corrected chi connectivity index (χ4v) is 2.78. The van der Waals surface area contributed by atoms with Crippen LogP contribution in [0.3, 0.4) is 0 Å². The molecule has 0 spiro atoms. The molecule has 0 nitrogen and oxygen atoms in total. The van der Waals surface area contributed by atoms with E-state index in [4.69, 9.17) is 0 Å². The Morgan fingerprint density at radius 2 is 1.85 bits per heavy atom. The summed E-state index contributed by atoms with van der Waals surface area (Å²) >= 11 is 0. The summed E-state index contributed by atoms with van der Waals surface area (Å²) in [5.74, 6) is 1.96. The molecule has 2 aliphatic rings. The molecule has 0 heteroatoms. The van der Waals surface area contributed by atoms with E-state index in [1.807, 2.05) is 0 Å². The van der Waals surface area contributed by atoms with Crippen LogP contribution in [0, 0.1) is 5.92 Å². The van der Waals surface area contributed by atoms with Gasteiger partial charge in [0.1, 0.15) is 0 Å². The van der Waals surface area contributed by atoms with Crippen LogP contribution in [0.25, 0.3) is 0 Å². The Kier molecular flexibility index (Phi) is 1.68. The van der Waals surface area contributed by atoms with Crippen LogP contribution < -0.4 is 0 Å². The van der Waals surface area contributed by atoms with Crippen LogP contribution in [0.15, 0.2) is 24.3 Å². The molecule has 1 atom stereocenters. The molecule has 1 fully saturated rings. The number of aryl methyl sites for hydroxylation is 1. The lowest BCUT2D eigenvalue weighted by Gasteiger charge is -2.25. The summed E-state index contributed by atoms with van der Waals surface area (Å²) in [6, 6.07) is 9.08. The molecule has 3 rings (SSSR count). The molecule has 0 heterocycles. The highest BCUT2D eigenvalue weighted by Gasteiger charge is 2.34. The summed E-state index contributed by atoms with van der Waals surface area (Å²) in [5, 5.41) is 0. The van der Waals surface area contributed by atoms with E-state index < -0.39 is 0 Å². The molecule has 0 N–H and O–H groups in total. The second-order valence-electron chi connectivity index (χ2n) is 4.53. The fourth-order valence-electron chi connectivity index (χ4n) is 2.78. The first-order valence-electron chi connectivity index (χ1n) is 5.53. The van der Waals surface area contributed by atoms with Gasteiger partial charge in [0.15, 0.2) is 0 Å². The van der Waals surface area contributed by atoms with E-state index in [0.29, 0.717) is 0 Å². The number of hydrogen-bond acceptors (Lipinski definition) is 0. The maximum Gasteiger partial charge on any atom is -0.0131 e. The topological polar surface area (TPSA) is 0 Å². The van der Waals surface area contributed by atoms with Crippen LogP contribution in [0.1, 0.15) is 42.7 Å². The average molecular weight is 172 g/mol. The summed E-state index contributed by atoms with van der Waals surface area (Å²) in [5.41, 5.74) is 3.31. The van der Waals surface area contributed by atoms with Crippen LogP contribution in [-0.2, 0) is 6.42 Å². The Morgan fingerprint density at radius 3 is 2.69 bits per heavy atom. The second kappa shape index (κ2) is 2.87. The Morgan fingerprint density at radius 1 is 1.00 bits per heavy atom. The van der Waals surface area contributed by atoms with Gasteiger partial charge >= 0.3 is 0 Å². The first kappa shape index (κ1) is 7.61. The van der Waals surface area contributed by atoms with Crippen LogP contribution in [0.2, 0.25) is 0 Å². The van der Waals surface area contributed by atoms with Crippen molar-refractivity contribution in [3.05, 3.63) is 35.4 Å². The molecule has 2 aliphatic carbocycles. The van der Waals surface area contributed by atoms with Crippen molar-refractivity contribution in [1.29, 1.82) is 0 Å². The number of benzene rings is 1. The third-order valence-corrected chi connectivity index (χ3v) is 3.61. The summed E-state index contributed by atoms with van der Waals surface area (Å²) in [6.07, 6.45) is 7.15. The van der Waals surface area contributed by atoms with Crippen molar-refractivity contribution in [2.45, 2.75) is 38.0 Å². The van der Waals surface area contributed by atoms with Gasteiger partial charge in [0, 0.05) is 0 Å². The van der Waals surface area contributed by atoms with Gasteiger partial charge in [0.25, 0.3) is 0 Å². The molecule has 13 heavy (non-hydrogen) atoms. The zero-order chi connectivity index (χ0) is 8.67. The summed E-state index contributed by atoms with van der Waals surface area (Å²) in [6.45, 7) is 0. The maximum absolute atomic E-state index is 2.36. The molecule has 0 radical (unpaired) electrons. The smallest absolute Gasteiger partial charge is 0.0131 e. The van der Waals surface area contributed by atoms with Crippen molar-refractivity contribution in [1.82, 2.24) is 0 Å². The van der Waals surface area contributed by atoms with Crippen LogP contribution >= 0.6 is 0 Å². The lowest BCUT2D eigenvalue weighted by molar-refractivity contribution is 0.503. The van der Waals surface area contributed by atoms with Crippen molar-refractivity contribution in [2.24, 2.45) is 5.92 Å². The van der Waals surface area contributed by atoms with Crippen LogP contribution in [-0.4, -0.2) is 0 Å². The third kappa shape index (κ3) is 1.29.